The molecule has 166 valence electrons. The standard InChI is InChI=1S/C26H19F3N2O2/c1-13-9-18(15(3)31-23-6-4-5-21(28)20(23)12-30)26-19(10-13)24(32)14(2)25(33-26)17-8-7-16(27)11-22(17)29/h4-11,15,31H,1-3H3. The van der Waals surface area contributed by atoms with Gasteiger partial charge in [-0.2, -0.15) is 5.26 Å². The lowest BCUT2D eigenvalue weighted by molar-refractivity contribution is 0.569. The van der Waals surface area contributed by atoms with E-state index in [9.17, 15) is 23.2 Å². The second kappa shape index (κ2) is 8.47. The number of hydrogen-bond acceptors (Lipinski definition) is 4. The van der Waals surface area contributed by atoms with Crippen LogP contribution < -0.4 is 10.7 Å². The first-order valence-corrected chi connectivity index (χ1v) is 10.2. The van der Waals surface area contributed by atoms with E-state index in [1.54, 1.807) is 25.1 Å². The Kier molecular flexibility index (Phi) is 5.69. The topological polar surface area (TPSA) is 66.0 Å². The predicted molar refractivity (Wildman–Crippen MR) is 120 cm³/mol. The Morgan fingerprint density at radius 3 is 2.48 bits per heavy atom. The van der Waals surface area contributed by atoms with Crippen LogP contribution in [0.1, 0.15) is 35.2 Å². The van der Waals surface area contributed by atoms with Crippen LogP contribution in [0.3, 0.4) is 0 Å². The smallest absolute Gasteiger partial charge is 0.196 e. The van der Waals surface area contributed by atoms with Gasteiger partial charge in [0, 0.05) is 17.2 Å². The molecule has 1 aromatic heterocycles. The van der Waals surface area contributed by atoms with Gasteiger partial charge in [0.25, 0.3) is 0 Å². The third-order valence-electron chi connectivity index (χ3n) is 5.53. The van der Waals surface area contributed by atoms with Gasteiger partial charge in [0.05, 0.1) is 22.7 Å². The van der Waals surface area contributed by atoms with E-state index in [1.807, 2.05) is 13.0 Å². The van der Waals surface area contributed by atoms with Crippen LogP contribution in [0.15, 0.2) is 57.7 Å². The molecule has 0 radical (unpaired) electrons. The molecule has 1 atom stereocenters. The van der Waals surface area contributed by atoms with Crippen LogP contribution in [0.4, 0.5) is 18.9 Å². The summed E-state index contributed by atoms with van der Waals surface area (Å²) in [5.74, 6) is -2.24. The molecule has 0 bridgehead atoms. The summed E-state index contributed by atoms with van der Waals surface area (Å²) in [7, 11) is 0. The summed E-state index contributed by atoms with van der Waals surface area (Å²) in [6.07, 6.45) is 0. The van der Waals surface area contributed by atoms with Crippen molar-refractivity contribution >= 4 is 16.7 Å². The summed E-state index contributed by atoms with van der Waals surface area (Å²) < 4.78 is 48.0. The maximum atomic E-state index is 14.5. The van der Waals surface area contributed by atoms with Crippen LogP contribution >= 0.6 is 0 Å². The molecule has 0 amide bonds. The molecule has 0 fully saturated rings. The van der Waals surface area contributed by atoms with Crippen molar-refractivity contribution in [3.05, 3.63) is 98.5 Å². The zero-order valence-electron chi connectivity index (χ0n) is 18.1. The highest BCUT2D eigenvalue weighted by atomic mass is 19.1. The Morgan fingerprint density at radius 1 is 1.03 bits per heavy atom. The summed E-state index contributed by atoms with van der Waals surface area (Å²) in [5, 5.41) is 12.7. The Morgan fingerprint density at radius 2 is 1.79 bits per heavy atom. The van der Waals surface area contributed by atoms with Gasteiger partial charge < -0.3 is 9.73 Å². The Hall–Kier alpha value is -4.05. The molecule has 0 saturated carbocycles. The summed E-state index contributed by atoms with van der Waals surface area (Å²) in [5.41, 5.74) is 1.57. The first kappa shape index (κ1) is 22.2. The minimum absolute atomic E-state index is 0.00534. The number of nitriles is 1. The SMILES string of the molecule is Cc1cc(C(C)Nc2cccc(F)c2C#N)c2oc(-c3ccc(F)cc3F)c(C)c(=O)c2c1. The first-order chi connectivity index (χ1) is 15.7. The quantitative estimate of drug-likeness (QED) is 0.385. The molecule has 7 heteroatoms. The monoisotopic (exact) mass is 448 g/mol. The number of aryl methyl sites for hydroxylation is 1. The van der Waals surface area contributed by atoms with Gasteiger partial charge in [-0.15, -0.1) is 0 Å². The molecular weight excluding hydrogens is 429 g/mol. The molecule has 0 aliphatic rings. The van der Waals surface area contributed by atoms with E-state index >= 15 is 0 Å². The third-order valence-corrected chi connectivity index (χ3v) is 5.53. The van der Waals surface area contributed by atoms with E-state index in [1.165, 1.54) is 25.1 Å². The van der Waals surface area contributed by atoms with Crippen molar-refractivity contribution in [2.24, 2.45) is 0 Å². The average Bonchev–Trinajstić information content (AvgIpc) is 2.76. The highest BCUT2D eigenvalue weighted by molar-refractivity contribution is 5.84. The largest absolute Gasteiger partial charge is 0.455 e. The summed E-state index contributed by atoms with van der Waals surface area (Å²) >= 11 is 0. The van der Waals surface area contributed by atoms with Crippen LogP contribution in [0.2, 0.25) is 0 Å². The molecular formula is C26H19F3N2O2. The molecule has 0 aliphatic heterocycles. The van der Waals surface area contributed by atoms with Crippen molar-refractivity contribution in [1.82, 2.24) is 0 Å². The molecule has 0 aliphatic carbocycles. The second-order valence-corrected chi connectivity index (χ2v) is 7.88. The Labute approximate surface area is 187 Å². The maximum absolute atomic E-state index is 14.5. The number of fused-ring (bicyclic) bond motifs is 1. The predicted octanol–water partition coefficient (Wildman–Crippen LogP) is 6.54. The van der Waals surface area contributed by atoms with Crippen molar-refractivity contribution < 1.29 is 17.6 Å². The van der Waals surface area contributed by atoms with Crippen LogP contribution in [0.5, 0.6) is 0 Å². The minimum atomic E-state index is -0.848. The Bertz CT molecular complexity index is 1500. The molecule has 1 heterocycles. The van der Waals surface area contributed by atoms with Crippen molar-refractivity contribution in [2.75, 3.05) is 5.32 Å². The third kappa shape index (κ3) is 3.96. The van der Waals surface area contributed by atoms with Gasteiger partial charge in [0.1, 0.15) is 40.4 Å². The fourth-order valence-electron chi connectivity index (χ4n) is 3.89. The Balaban J connectivity index is 1.92. The molecule has 1 N–H and O–H groups in total. The van der Waals surface area contributed by atoms with E-state index in [0.29, 0.717) is 16.6 Å². The van der Waals surface area contributed by atoms with Crippen molar-refractivity contribution in [3.8, 4) is 17.4 Å². The van der Waals surface area contributed by atoms with Gasteiger partial charge >= 0.3 is 0 Å². The lowest BCUT2D eigenvalue weighted by atomic mass is 9.98. The molecule has 33 heavy (non-hydrogen) atoms. The minimum Gasteiger partial charge on any atom is -0.455 e. The lowest BCUT2D eigenvalue weighted by Gasteiger charge is -2.19. The highest BCUT2D eigenvalue weighted by Crippen LogP contribution is 2.33. The number of nitrogens with one attached hydrogen (secondary N) is 1. The van der Waals surface area contributed by atoms with Gasteiger partial charge in [-0.25, -0.2) is 13.2 Å². The number of benzene rings is 3. The molecule has 0 saturated heterocycles. The van der Waals surface area contributed by atoms with Gasteiger partial charge in [-0.1, -0.05) is 12.1 Å². The van der Waals surface area contributed by atoms with E-state index in [-0.39, 0.29) is 33.5 Å². The molecule has 4 aromatic rings. The van der Waals surface area contributed by atoms with Crippen molar-refractivity contribution in [3.63, 3.8) is 0 Å². The van der Waals surface area contributed by atoms with Crippen molar-refractivity contribution in [1.29, 1.82) is 5.26 Å². The van der Waals surface area contributed by atoms with Crippen LogP contribution in [-0.4, -0.2) is 0 Å². The highest BCUT2D eigenvalue weighted by Gasteiger charge is 2.21. The van der Waals surface area contributed by atoms with Gasteiger partial charge in [0.15, 0.2) is 5.43 Å². The number of hydrogen-bond donors (Lipinski definition) is 1. The average molecular weight is 448 g/mol. The number of rotatable bonds is 4. The number of anilines is 1. The normalized spacial score (nSPS) is 11.9. The number of nitrogens with zero attached hydrogens (tertiary/aromatic N) is 1. The van der Waals surface area contributed by atoms with E-state index in [4.69, 9.17) is 4.42 Å². The van der Waals surface area contributed by atoms with Crippen LogP contribution in [0.25, 0.3) is 22.3 Å². The molecule has 1 unspecified atom stereocenters. The molecule has 0 spiro atoms. The van der Waals surface area contributed by atoms with E-state index in [2.05, 4.69) is 5.32 Å². The fraction of sp³-hybridized carbons (Fsp3) is 0.154. The fourth-order valence-corrected chi connectivity index (χ4v) is 3.89. The van der Waals surface area contributed by atoms with E-state index < -0.39 is 23.5 Å². The number of halogens is 3. The molecule has 3 aromatic carbocycles. The summed E-state index contributed by atoms with van der Waals surface area (Å²) in [6.45, 7) is 5.12. The molecule has 4 nitrogen and oxygen atoms in total. The van der Waals surface area contributed by atoms with Gasteiger partial charge in [-0.05, 0) is 56.7 Å². The second-order valence-electron chi connectivity index (χ2n) is 7.88. The van der Waals surface area contributed by atoms with E-state index in [0.717, 1.165) is 17.7 Å². The van der Waals surface area contributed by atoms with Gasteiger partial charge in [-0.3, -0.25) is 4.79 Å². The zero-order valence-corrected chi connectivity index (χ0v) is 18.1. The molecule has 4 rings (SSSR count). The van der Waals surface area contributed by atoms with Crippen LogP contribution in [0, 0.1) is 42.6 Å². The summed E-state index contributed by atoms with van der Waals surface area (Å²) in [6, 6.07) is 12.1. The summed E-state index contributed by atoms with van der Waals surface area (Å²) in [4.78, 5) is 13.2. The zero-order chi connectivity index (χ0) is 23.9. The lowest BCUT2D eigenvalue weighted by Crippen LogP contribution is -2.13. The van der Waals surface area contributed by atoms with Crippen molar-refractivity contribution in [2.45, 2.75) is 26.8 Å². The van der Waals surface area contributed by atoms with Gasteiger partial charge in [0.2, 0.25) is 0 Å². The maximum Gasteiger partial charge on any atom is 0.196 e. The van der Waals surface area contributed by atoms with Crippen LogP contribution in [-0.2, 0) is 0 Å². The first-order valence-electron chi connectivity index (χ1n) is 10.2.